The van der Waals surface area contributed by atoms with Crippen molar-refractivity contribution in [2.24, 2.45) is 11.8 Å². The Labute approximate surface area is 122 Å². The highest BCUT2D eigenvalue weighted by molar-refractivity contribution is 5.24. The van der Waals surface area contributed by atoms with E-state index >= 15 is 0 Å². The lowest BCUT2D eigenvalue weighted by molar-refractivity contribution is -0.200. The average molecular weight is 274 g/mol. The summed E-state index contributed by atoms with van der Waals surface area (Å²) in [5, 5.41) is 0. The average Bonchev–Trinajstić information content (AvgIpc) is 2.49. The van der Waals surface area contributed by atoms with E-state index in [2.05, 4.69) is 31.2 Å². The second-order valence-corrected chi connectivity index (χ2v) is 6.52. The number of rotatable bonds is 2. The molecule has 1 saturated carbocycles. The molecule has 2 heteroatoms. The van der Waals surface area contributed by atoms with Gasteiger partial charge in [0.2, 0.25) is 0 Å². The van der Waals surface area contributed by atoms with E-state index < -0.39 is 0 Å². The van der Waals surface area contributed by atoms with Gasteiger partial charge in [-0.2, -0.15) is 0 Å². The van der Waals surface area contributed by atoms with Gasteiger partial charge < -0.3 is 9.47 Å². The number of hydrogen-bond acceptors (Lipinski definition) is 2. The smallest absolute Gasteiger partial charge is 0.154 e. The van der Waals surface area contributed by atoms with Gasteiger partial charge in [0.25, 0.3) is 0 Å². The highest BCUT2D eigenvalue weighted by Gasteiger charge is 2.31. The lowest BCUT2D eigenvalue weighted by Gasteiger charge is -2.37. The predicted octanol–water partition coefficient (Wildman–Crippen LogP) is 4.28. The Bertz CT molecular complexity index is 410. The van der Waals surface area contributed by atoms with Crippen molar-refractivity contribution in [3.63, 3.8) is 0 Å². The molecular formula is C18H26O2. The third-order valence-corrected chi connectivity index (χ3v) is 5.08. The maximum atomic E-state index is 5.65. The Balaban J connectivity index is 1.53. The minimum absolute atomic E-state index is 0.00449. The Morgan fingerprint density at radius 2 is 1.45 bits per heavy atom. The summed E-state index contributed by atoms with van der Waals surface area (Å²) < 4.78 is 11.3. The van der Waals surface area contributed by atoms with Crippen molar-refractivity contribution >= 4 is 0 Å². The summed E-state index contributed by atoms with van der Waals surface area (Å²) in [4.78, 5) is 0. The molecule has 0 unspecified atom stereocenters. The van der Waals surface area contributed by atoms with E-state index in [1.807, 2.05) is 6.92 Å². The van der Waals surface area contributed by atoms with E-state index in [9.17, 15) is 0 Å². The molecule has 2 fully saturated rings. The summed E-state index contributed by atoms with van der Waals surface area (Å²) in [5.74, 6) is 2.17. The summed E-state index contributed by atoms with van der Waals surface area (Å²) in [6, 6.07) is 9.11. The first-order chi connectivity index (χ1) is 9.72. The van der Waals surface area contributed by atoms with E-state index in [4.69, 9.17) is 9.47 Å². The number of aryl methyl sites for hydroxylation is 1. The van der Waals surface area contributed by atoms with Crippen LogP contribution in [0.25, 0.3) is 0 Å². The maximum Gasteiger partial charge on any atom is 0.154 e. The number of hydrogen-bond donors (Lipinski definition) is 0. The van der Waals surface area contributed by atoms with Crippen molar-refractivity contribution in [1.29, 1.82) is 0 Å². The van der Waals surface area contributed by atoms with Crippen LogP contribution in [0.4, 0.5) is 0 Å². The van der Waals surface area contributed by atoms with E-state index in [1.165, 1.54) is 36.8 Å². The van der Waals surface area contributed by atoms with Crippen LogP contribution in [0.15, 0.2) is 24.3 Å². The third-order valence-electron chi connectivity index (χ3n) is 5.08. The highest BCUT2D eigenvalue weighted by Crippen LogP contribution is 2.39. The van der Waals surface area contributed by atoms with Crippen molar-refractivity contribution in [3.05, 3.63) is 35.4 Å². The topological polar surface area (TPSA) is 18.5 Å². The zero-order chi connectivity index (χ0) is 13.9. The second kappa shape index (κ2) is 6.28. The molecule has 0 atom stereocenters. The van der Waals surface area contributed by atoms with Crippen LogP contribution in [0.1, 0.15) is 49.7 Å². The van der Waals surface area contributed by atoms with Gasteiger partial charge in [0.15, 0.2) is 6.29 Å². The molecule has 0 bridgehead atoms. The summed E-state index contributed by atoms with van der Waals surface area (Å²) in [6.45, 7) is 5.93. The van der Waals surface area contributed by atoms with E-state index in [0.717, 1.165) is 25.0 Å². The van der Waals surface area contributed by atoms with Crippen molar-refractivity contribution in [2.75, 3.05) is 13.2 Å². The fourth-order valence-corrected chi connectivity index (χ4v) is 3.65. The van der Waals surface area contributed by atoms with Crippen LogP contribution in [0.2, 0.25) is 0 Å². The zero-order valence-electron chi connectivity index (χ0n) is 12.7. The second-order valence-electron chi connectivity index (χ2n) is 6.52. The minimum Gasteiger partial charge on any atom is -0.353 e. The van der Waals surface area contributed by atoms with Crippen molar-refractivity contribution < 1.29 is 9.47 Å². The summed E-state index contributed by atoms with van der Waals surface area (Å²) >= 11 is 0. The van der Waals surface area contributed by atoms with Crippen LogP contribution in [0, 0.1) is 18.8 Å². The summed E-state index contributed by atoms with van der Waals surface area (Å²) in [7, 11) is 0. The first-order valence-electron chi connectivity index (χ1n) is 8.02. The molecule has 0 amide bonds. The van der Waals surface area contributed by atoms with Gasteiger partial charge in [0, 0.05) is 5.92 Å². The molecule has 0 spiro atoms. The van der Waals surface area contributed by atoms with E-state index in [0.29, 0.717) is 5.92 Å². The molecule has 1 saturated heterocycles. The largest absolute Gasteiger partial charge is 0.353 e. The summed E-state index contributed by atoms with van der Waals surface area (Å²) in [5.41, 5.74) is 2.88. The Hall–Kier alpha value is -0.860. The molecule has 0 N–H and O–H groups in total. The van der Waals surface area contributed by atoms with Gasteiger partial charge in [-0.15, -0.1) is 0 Å². The standard InChI is InChI=1S/C18H26O2/c1-13-3-5-15(6-4-13)16-7-9-17(10-8-16)18-11-19-14(2)20-12-18/h3-6,14,16-18H,7-12H2,1-2H3. The van der Waals surface area contributed by atoms with Gasteiger partial charge in [-0.3, -0.25) is 0 Å². The van der Waals surface area contributed by atoms with Gasteiger partial charge in [0.1, 0.15) is 0 Å². The monoisotopic (exact) mass is 274 g/mol. The molecule has 20 heavy (non-hydrogen) atoms. The SMILES string of the molecule is Cc1ccc(C2CCC(C3COC(C)OC3)CC2)cc1. The molecule has 3 rings (SSSR count). The Morgan fingerprint density at radius 3 is 2.05 bits per heavy atom. The Kier molecular flexibility index (Phi) is 4.42. The van der Waals surface area contributed by atoms with Gasteiger partial charge in [-0.05, 0) is 56.9 Å². The third kappa shape index (κ3) is 3.24. The van der Waals surface area contributed by atoms with Gasteiger partial charge in [-0.25, -0.2) is 0 Å². The van der Waals surface area contributed by atoms with Crippen LogP contribution < -0.4 is 0 Å². The van der Waals surface area contributed by atoms with E-state index in [-0.39, 0.29) is 6.29 Å². The molecule has 1 aromatic rings. The fourth-order valence-electron chi connectivity index (χ4n) is 3.65. The van der Waals surface area contributed by atoms with Gasteiger partial charge >= 0.3 is 0 Å². The highest BCUT2D eigenvalue weighted by atomic mass is 16.7. The molecule has 110 valence electrons. The lowest BCUT2D eigenvalue weighted by Crippen LogP contribution is -2.36. The van der Waals surface area contributed by atoms with Crippen LogP contribution in [0.5, 0.6) is 0 Å². The Morgan fingerprint density at radius 1 is 0.850 bits per heavy atom. The zero-order valence-corrected chi connectivity index (χ0v) is 12.7. The maximum absolute atomic E-state index is 5.65. The van der Waals surface area contributed by atoms with Gasteiger partial charge in [-0.1, -0.05) is 29.8 Å². The van der Waals surface area contributed by atoms with Gasteiger partial charge in [0.05, 0.1) is 13.2 Å². The van der Waals surface area contributed by atoms with Crippen molar-refractivity contribution in [3.8, 4) is 0 Å². The molecule has 1 aliphatic carbocycles. The molecule has 1 heterocycles. The molecule has 2 aliphatic rings. The minimum atomic E-state index is -0.00449. The molecule has 1 aliphatic heterocycles. The predicted molar refractivity (Wildman–Crippen MR) is 80.7 cm³/mol. The molecule has 0 aromatic heterocycles. The molecular weight excluding hydrogens is 248 g/mol. The molecule has 2 nitrogen and oxygen atoms in total. The molecule has 1 aromatic carbocycles. The first kappa shape index (κ1) is 14.1. The number of ether oxygens (including phenoxy) is 2. The van der Waals surface area contributed by atoms with Crippen LogP contribution in [0.3, 0.4) is 0 Å². The fraction of sp³-hybridized carbons (Fsp3) is 0.667. The van der Waals surface area contributed by atoms with Crippen molar-refractivity contribution in [2.45, 2.75) is 51.7 Å². The lowest BCUT2D eigenvalue weighted by atomic mass is 9.74. The van der Waals surface area contributed by atoms with Crippen molar-refractivity contribution in [1.82, 2.24) is 0 Å². The van der Waals surface area contributed by atoms with Crippen LogP contribution in [-0.2, 0) is 9.47 Å². The summed E-state index contributed by atoms with van der Waals surface area (Å²) in [6.07, 6.45) is 5.28. The van der Waals surface area contributed by atoms with Crippen LogP contribution >= 0.6 is 0 Å². The quantitative estimate of drug-likeness (QED) is 0.801. The first-order valence-corrected chi connectivity index (χ1v) is 8.02. The molecule has 0 radical (unpaired) electrons. The van der Waals surface area contributed by atoms with E-state index in [1.54, 1.807) is 0 Å². The van der Waals surface area contributed by atoms with Crippen LogP contribution in [-0.4, -0.2) is 19.5 Å². The normalized spacial score (nSPS) is 34.9. The number of benzene rings is 1.